The van der Waals surface area contributed by atoms with Crippen LogP contribution in [0.2, 0.25) is 0 Å². The summed E-state index contributed by atoms with van der Waals surface area (Å²) >= 11 is 0. The average molecular weight is 312 g/mol. The molecule has 0 fully saturated rings. The summed E-state index contributed by atoms with van der Waals surface area (Å²) in [5.74, 6) is 1.75. The minimum atomic E-state index is -0.433. The lowest BCUT2D eigenvalue weighted by molar-refractivity contribution is -0.126. The van der Waals surface area contributed by atoms with Gasteiger partial charge in [-0.15, -0.1) is 0 Å². The lowest BCUT2D eigenvalue weighted by Crippen LogP contribution is -2.01. The van der Waals surface area contributed by atoms with Gasteiger partial charge in [-0.25, -0.2) is 4.79 Å². The Kier molecular flexibility index (Phi) is 3.93. The van der Waals surface area contributed by atoms with E-state index in [0.29, 0.717) is 34.1 Å². The number of rotatable bonds is 4. The van der Waals surface area contributed by atoms with Crippen molar-refractivity contribution >= 4 is 17.6 Å². The van der Waals surface area contributed by atoms with Gasteiger partial charge >= 0.3 is 5.97 Å². The largest absolute Gasteiger partial charge is 0.496 e. The van der Waals surface area contributed by atoms with Crippen LogP contribution in [-0.2, 0) is 4.79 Å². The third-order valence-electron chi connectivity index (χ3n) is 3.63. The molecular formula is C18H16O5. The number of carbonyl (C=O) groups is 1. The molecule has 0 atom stereocenters. The van der Waals surface area contributed by atoms with Gasteiger partial charge in [0.15, 0.2) is 0 Å². The van der Waals surface area contributed by atoms with E-state index in [1.54, 1.807) is 39.5 Å². The fourth-order valence-corrected chi connectivity index (χ4v) is 2.52. The molecule has 5 nitrogen and oxygen atoms in total. The summed E-state index contributed by atoms with van der Waals surface area (Å²) in [4.78, 5) is 12.3. The number of hydrogen-bond acceptors (Lipinski definition) is 5. The van der Waals surface area contributed by atoms with E-state index in [2.05, 4.69) is 0 Å². The molecule has 1 heterocycles. The summed E-state index contributed by atoms with van der Waals surface area (Å²) in [5, 5.41) is 0. The Labute approximate surface area is 134 Å². The number of carbonyl (C=O) groups excluding carboxylic acids is 1. The minimum Gasteiger partial charge on any atom is -0.496 e. The topological polar surface area (TPSA) is 54.0 Å². The molecule has 0 aliphatic carbocycles. The smallest absolute Gasteiger partial charge is 0.344 e. The first kappa shape index (κ1) is 15.0. The molecule has 1 aliphatic rings. The van der Waals surface area contributed by atoms with Crippen LogP contribution in [0.25, 0.3) is 11.6 Å². The van der Waals surface area contributed by atoms with Crippen LogP contribution in [0, 0.1) is 0 Å². The van der Waals surface area contributed by atoms with Crippen molar-refractivity contribution in [2.45, 2.75) is 0 Å². The van der Waals surface area contributed by atoms with Crippen LogP contribution >= 0.6 is 0 Å². The summed E-state index contributed by atoms with van der Waals surface area (Å²) in [6.45, 7) is 0. The number of hydrogen-bond donors (Lipinski definition) is 0. The van der Waals surface area contributed by atoms with Gasteiger partial charge < -0.3 is 18.9 Å². The van der Waals surface area contributed by atoms with Crippen LogP contribution < -0.4 is 18.9 Å². The van der Waals surface area contributed by atoms with Gasteiger partial charge in [0.05, 0.1) is 32.5 Å². The molecule has 0 N–H and O–H groups in total. The second-order valence-electron chi connectivity index (χ2n) is 4.89. The van der Waals surface area contributed by atoms with Crippen LogP contribution in [0.3, 0.4) is 0 Å². The van der Waals surface area contributed by atoms with Crippen LogP contribution in [0.1, 0.15) is 11.1 Å². The van der Waals surface area contributed by atoms with E-state index < -0.39 is 5.97 Å². The molecule has 0 saturated carbocycles. The van der Waals surface area contributed by atoms with E-state index >= 15 is 0 Å². The van der Waals surface area contributed by atoms with E-state index in [-0.39, 0.29) is 0 Å². The number of para-hydroxylation sites is 1. The zero-order chi connectivity index (χ0) is 16.4. The van der Waals surface area contributed by atoms with Crippen molar-refractivity contribution < 1.29 is 23.7 Å². The normalized spacial score (nSPS) is 14.4. The van der Waals surface area contributed by atoms with Crippen molar-refractivity contribution in [3.05, 3.63) is 47.5 Å². The highest BCUT2D eigenvalue weighted by molar-refractivity contribution is 6.27. The van der Waals surface area contributed by atoms with Crippen LogP contribution in [0.5, 0.6) is 23.0 Å². The quantitative estimate of drug-likeness (QED) is 0.493. The molecule has 2 aromatic rings. The van der Waals surface area contributed by atoms with Crippen LogP contribution in [0.15, 0.2) is 36.4 Å². The second kappa shape index (κ2) is 6.04. The predicted octanol–water partition coefficient (Wildman–Crippen LogP) is 3.17. The first-order valence-electron chi connectivity index (χ1n) is 7.01. The number of fused-ring (bicyclic) bond motifs is 1. The van der Waals surface area contributed by atoms with E-state index in [0.717, 1.165) is 5.56 Å². The SMILES string of the molecule is COc1cc(OC)c2c(c1)OC(=O)/C2=C\c1ccccc1OC. The molecule has 5 heteroatoms. The van der Waals surface area contributed by atoms with E-state index in [1.807, 2.05) is 24.3 Å². The van der Waals surface area contributed by atoms with E-state index in [4.69, 9.17) is 18.9 Å². The fraction of sp³-hybridized carbons (Fsp3) is 0.167. The Morgan fingerprint density at radius 2 is 1.70 bits per heavy atom. The molecule has 118 valence electrons. The standard InChI is InChI=1S/C18H16O5/c1-20-12-9-15(22-3)17-13(18(19)23-16(17)10-12)8-11-6-4-5-7-14(11)21-2/h4-10H,1-3H3/b13-8-. The Balaban J connectivity index is 2.17. The van der Waals surface area contributed by atoms with E-state index in [9.17, 15) is 4.79 Å². The van der Waals surface area contributed by atoms with Gasteiger partial charge in [-0.1, -0.05) is 18.2 Å². The summed E-state index contributed by atoms with van der Waals surface area (Å²) in [7, 11) is 4.67. The van der Waals surface area contributed by atoms with Crippen LogP contribution in [0.4, 0.5) is 0 Å². The first-order valence-corrected chi connectivity index (χ1v) is 7.01. The van der Waals surface area contributed by atoms with Crippen molar-refractivity contribution in [2.75, 3.05) is 21.3 Å². The van der Waals surface area contributed by atoms with Gasteiger partial charge in [0, 0.05) is 17.7 Å². The summed E-state index contributed by atoms with van der Waals surface area (Å²) in [5.41, 5.74) is 1.82. The maximum absolute atomic E-state index is 12.3. The molecule has 1 aliphatic heterocycles. The van der Waals surface area contributed by atoms with Crippen molar-refractivity contribution in [3.8, 4) is 23.0 Å². The first-order chi connectivity index (χ1) is 11.2. The Bertz CT molecular complexity index is 792. The highest BCUT2D eigenvalue weighted by Crippen LogP contribution is 2.44. The molecular weight excluding hydrogens is 296 g/mol. The minimum absolute atomic E-state index is 0.420. The Morgan fingerprint density at radius 1 is 0.957 bits per heavy atom. The second-order valence-corrected chi connectivity index (χ2v) is 4.89. The Morgan fingerprint density at radius 3 is 2.39 bits per heavy atom. The number of esters is 1. The number of methoxy groups -OCH3 is 3. The highest BCUT2D eigenvalue weighted by atomic mass is 16.5. The maximum Gasteiger partial charge on any atom is 0.344 e. The summed E-state index contributed by atoms with van der Waals surface area (Å²) in [6.07, 6.45) is 1.74. The van der Waals surface area contributed by atoms with Crippen molar-refractivity contribution in [2.24, 2.45) is 0 Å². The molecule has 0 saturated heterocycles. The zero-order valence-electron chi connectivity index (χ0n) is 13.1. The third kappa shape index (κ3) is 2.61. The lowest BCUT2D eigenvalue weighted by atomic mass is 10.0. The zero-order valence-corrected chi connectivity index (χ0v) is 13.1. The molecule has 0 radical (unpaired) electrons. The predicted molar refractivity (Wildman–Crippen MR) is 86.0 cm³/mol. The van der Waals surface area contributed by atoms with Gasteiger partial charge in [0.1, 0.15) is 23.0 Å². The Hall–Kier alpha value is -2.95. The fourth-order valence-electron chi connectivity index (χ4n) is 2.52. The summed E-state index contributed by atoms with van der Waals surface area (Å²) in [6, 6.07) is 10.8. The molecule has 0 aromatic heterocycles. The number of ether oxygens (including phenoxy) is 4. The third-order valence-corrected chi connectivity index (χ3v) is 3.63. The maximum atomic E-state index is 12.3. The molecule has 0 unspecified atom stereocenters. The molecule has 23 heavy (non-hydrogen) atoms. The van der Waals surface area contributed by atoms with Gasteiger partial charge in [-0.3, -0.25) is 0 Å². The molecule has 0 amide bonds. The molecule has 0 spiro atoms. The number of benzene rings is 2. The molecule has 2 aromatic carbocycles. The van der Waals surface area contributed by atoms with Gasteiger partial charge in [-0.05, 0) is 12.1 Å². The van der Waals surface area contributed by atoms with Gasteiger partial charge in [0.25, 0.3) is 0 Å². The molecule has 0 bridgehead atoms. The lowest BCUT2D eigenvalue weighted by Gasteiger charge is -2.09. The van der Waals surface area contributed by atoms with Gasteiger partial charge in [0.2, 0.25) is 0 Å². The van der Waals surface area contributed by atoms with Crippen LogP contribution in [-0.4, -0.2) is 27.3 Å². The van der Waals surface area contributed by atoms with Crippen molar-refractivity contribution in [1.29, 1.82) is 0 Å². The monoisotopic (exact) mass is 312 g/mol. The molecule has 3 rings (SSSR count). The van der Waals surface area contributed by atoms with Crippen molar-refractivity contribution in [1.82, 2.24) is 0 Å². The average Bonchev–Trinajstić information content (AvgIpc) is 2.90. The van der Waals surface area contributed by atoms with Gasteiger partial charge in [-0.2, -0.15) is 0 Å². The summed E-state index contributed by atoms with van der Waals surface area (Å²) < 4.78 is 21.3. The van der Waals surface area contributed by atoms with E-state index in [1.165, 1.54) is 0 Å². The van der Waals surface area contributed by atoms with Crippen molar-refractivity contribution in [3.63, 3.8) is 0 Å². The highest BCUT2D eigenvalue weighted by Gasteiger charge is 2.31.